The van der Waals surface area contributed by atoms with Crippen LogP contribution < -0.4 is 4.90 Å². The van der Waals surface area contributed by atoms with Gasteiger partial charge in [0, 0.05) is 38.2 Å². The Labute approximate surface area is 148 Å². The molecule has 0 aromatic carbocycles. The van der Waals surface area contributed by atoms with Crippen molar-refractivity contribution in [2.75, 3.05) is 18.0 Å². The fourth-order valence-electron chi connectivity index (χ4n) is 2.89. The van der Waals surface area contributed by atoms with Crippen LogP contribution in [0.2, 0.25) is 5.15 Å². The summed E-state index contributed by atoms with van der Waals surface area (Å²) in [4.78, 5) is 12.3. The molecule has 3 aromatic heterocycles. The van der Waals surface area contributed by atoms with Gasteiger partial charge < -0.3 is 9.47 Å². The quantitative estimate of drug-likeness (QED) is 0.697. The molecule has 1 saturated heterocycles. The second-order valence-corrected chi connectivity index (χ2v) is 7.21. The maximum atomic E-state index is 6.40. The van der Waals surface area contributed by atoms with Crippen LogP contribution in [0.15, 0.2) is 18.6 Å². The van der Waals surface area contributed by atoms with Crippen LogP contribution in [-0.4, -0.2) is 42.6 Å². The molecule has 0 saturated carbocycles. The fraction of sp³-hybridized carbons (Fsp3) is 0.467. The number of imidazole rings is 1. The van der Waals surface area contributed by atoms with E-state index in [1.165, 1.54) is 12.8 Å². The maximum Gasteiger partial charge on any atom is 0.187 e. The summed E-state index contributed by atoms with van der Waals surface area (Å²) >= 11 is 8.02. The van der Waals surface area contributed by atoms with Gasteiger partial charge >= 0.3 is 0 Å². The van der Waals surface area contributed by atoms with Gasteiger partial charge in [-0.1, -0.05) is 28.2 Å². The standard InChI is InChI=1S/C15H18ClN7S/c1-11-10-23(20-19-11)9-8-21-7-4-17-14(21)12-13(16)18-15(24-12)22-5-2-3-6-22/h4,7,10H,2-3,5-6,8-9H2,1H3. The summed E-state index contributed by atoms with van der Waals surface area (Å²) in [6, 6.07) is 0. The second kappa shape index (κ2) is 6.52. The minimum Gasteiger partial charge on any atom is -0.348 e. The molecule has 1 aliphatic rings. The van der Waals surface area contributed by atoms with Crippen LogP contribution in [0, 0.1) is 6.92 Å². The zero-order valence-corrected chi connectivity index (χ0v) is 15.0. The molecule has 9 heteroatoms. The van der Waals surface area contributed by atoms with E-state index in [1.807, 2.05) is 24.0 Å². The lowest BCUT2D eigenvalue weighted by atomic mass is 10.4. The highest BCUT2D eigenvalue weighted by Gasteiger charge is 2.21. The molecule has 3 aromatic rings. The zero-order valence-electron chi connectivity index (χ0n) is 13.4. The predicted molar refractivity (Wildman–Crippen MR) is 94.6 cm³/mol. The van der Waals surface area contributed by atoms with E-state index < -0.39 is 0 Å². The molecule has 0 bridgehead atoms. The molecule has 0 spiro atoms. The lowest BCUT2D eigenvalue weighted by molar-refractivity contribution is 0.522. The molecular weight excluding hydrogens is 346 g/mol. The summed E-state index contributed by atoms with van der Waals surface area (Å²) in [5.41, 5.74) is 0.918. The minimum absolute atomic E-state index is 0.533. The number of aryl methyl sites for hydroxylation is 3. The highest BCUT2D eigenvalue weighted by Crippen LogP contribution is 2.37. The fourth-order valence-corrected chi connectivity index (χ4v) is 4.24. The molecule has 0 radical (unpaired) electrons. The molecule has 126 valence electrons. The van der Waals surface area contributed by atoms with Crippen molar-refractivity contribution in [1.82, 2.24) is 29.5 Å². The Bertz CT molecular complexity index is 831. The monoisotopic (exact) mass is 363 g/mol. The average molecular weight is 364 g/mol. The van der Waals surface area contributed by atoms with Crippen molar-refractivity contribution >= 4 is 28.1 Å². The number of hydrogen-bond acceptors (Lipinski definition) is 6. The molecule has 0 aliphatic carbocycles. The van der Waals surface area contributed by atoms with Crippen LogP contribution >= 0.6 is 22.9 Å². The number of halogens is 1. The molecule has 0 unspecified atom stereocenters. The van der Waals surface area contributed by atoms with Gasteiger partial charge in [-0.2, -0.15) is 0 Å². The highest BCUT2D eigenvalue weighted by molar-refractivity contribution is 7.19. The van der Waals surface area contributed by atoms with Gasteiger partial charge in [-0.15, -0.1) is 5.10 Å². The third kappa shape index (κ3) is 3.03. The van der Waals surface area contributed by atoms with Crippen LogP contribution in [0.4, 0.5) is 5.13 Å². The number of aromatic nitrogens is 6. The SMILES string of the molecule is Cc1cn(CCn2ccnc2-c2sc(N3CCCC3)nc2Cl)nn1. The van der Waals surface area contributed by atoms with E-state index in [1.54, 1.807) is 17.5 Å². The van der Waals surface area contributed by atoms with E-state index in [4.69, 9.17) is 11.6 Å². The van der Waals surface area contributed by atoms with Gasteiger partial charge in [-0.3, -0.25) is 4.68 Å². The van der Waals surface area contributed by atoms with Gasteiger partial charge in [-0.05, 0) is 19.8 Å². The Balaban J connectivity index is 1.55. The Morgan fingerprint density at radius 3 is 2.83 bits per heavy atom. The molecule has 0 atom stereocenters. The molecular formula is C15H18ClN7S. The van der Waals surface area contributed by atoms with Crippen molar-refractivity contribution in [1.29, 1.82) is 0 Å². The first-order valence-electron chi connectivity index (χ1n) is 8.00. The van der Waals surface area contributed by atoms with Crippen molar-refractivity contribution < 1.29 is 0 Å². The summed E-state index contributed by atoms with van der Waals surface area (Å²) in [6.45, 7) is 5.54. The van der Waals surface area contributed by atoms with Crippen LogP contribution in [0.3, 0.4) is 0 Å². The zero-order chi connectivity index (χ0) is 16.5. The number of hydrogen-bond donors (Lipinski definition) is 0. The number of rotatable bonds is 5. The van der Waals surface area contributed by atoms with Gasteiger partial charge in [0.25, 0.3) is 0 Å². The molecule has 0 N–H and O–H groups in total. The predicted octanol–water partition coefficient (Wildman–Crippen LogP) is 2.86. The first kappa shape index (κ1) is 15.6. The summed E-state index contributed by atoms with van der Waals surface area (Å²) < 4.78 is 3.92. The minimum atomic E-state index is 0.533. The average Bonchev–Trinajstić information content (AvgIpc) is 3.32. The van der Waals surface area contributed by atoms with E-state index in [2.05, 4.69) is 29.7 Å². The summed E-state index contributed by atoms with van der Waals surface area (Å²) in [5, 5.41) is 9.62. The lowest BCUT2D eigenvalue weighted by Gasteiger charge is -2.12. The Morgan fingerprint density at radius 1 is 1.25 bits per heavy atom. The maximum absolute atomic E-state index is 6.40. The first-order chi connectivity index (χ1) is 11.7. The van der Waals surface area contributed by atoms with E-state index in [0.717, 1.165) is 47.7 Å². The van der Waals surface area contributed by atoms with Crippen LogP contribution in [-0.2, 0) is 13.1 Å². The Kier molecular flexibility index (Phi) is 4.24. The van der Waals surface area contributed by atoms with Crippen molar-refractivity contribution in [3.63, 3.8) is 0 Å². The third-order valence-electron chi connectivity index (χ3n) is 4.09. The first-order valence-corrected chi connectivity index (χ1v) is 9.19. The van der Waals surface area contributed by atoms with E-state index in [9.17, 15) is 0 Å². The smallest absolute Gasteiger partial charge is 0.187 e. The highest BCUT2D eigenvalue weighted by atomic mass is 35.5. The van der Waals surface area contributed by atoms with E-state index >= 15 is 0 Å². The number of anilines is 1. The Morgan fingerprint density at radius 2 is 2.08 bits per heavy atom. The van der Waals surface area contributed by atoms with Gasteiger partial charge in [-0.25, -0.2) is 9.97 Å². The molecule has 1 aliphatic heterocycles. The topological polar surface area (TPSA) is 64.7 Å². The Hall–Kier alpha value is -1.93. The largest absolute Gasteiger partial charge is 0.348 e. The molecule has 4 rings (SSSR count). The molecule has 7 nitrogen and oxygen atoms in total. The second-order valence-electron chi connectivity index (χ2n) is 5.88. The van der Waals surface area contributed by atoms with Crippen molar-refractivity contribution in [3.05, 3.63) is 29.4 Å². The number of nitrogens with zero attached hydrogens (tertiary/aromatic N) is 7. The van der Waals surface area contributed by atoms with Crippen LogP contribution in [0.1, 0.15) is 18.5 Å². The van der Waals surface area contributed by atoms with Crippen molar-refractivity contribution in [3.8, 4) is 10.7 Å². The van der Waals surface area contributed by atoms with Crippen LogP contribution in [0.5, 0.6) is 0 Å². The van der Waals surface area contributed by atoms with Gasteiger partial charge in [0.1, 0.15) is 4.88 Å². The van der Waals surface area contributed by atoms with Gasteiger partial charge in [0.05, 0.1) is 12.2 Å². The van der Waals surface area contributed by atoms with Crippen molar-refractivity contribution in [2.24, 2.45) is 0 Å². The molecule has 0 amide bonds. The third-order valence-corrected chi connectivity index (χ3v) is 5.59. The van der Waals surface area contributed by atoms with Gasteiger partial charge in [0.2, 0.25) is 0 Å². The summed E-state index contributed by atoms with van der Waals surface area (Å²) in [5.74, 6) is 0.861. The number of thiazole rings is 1. The normalized spacial score (nSPS) is 14.7. The van der Waals surface area contributed by atoms with Crippen LogP contribution in [0.25, 0.3) is 10.7 Å². The summed E-state index contributed by atoms with van der Waals surface area (Å²) in [6.07, 6.45) is 8.14. The lowest BCUT2D eigenvalue weighted by Crippen LogP contribution is -2.16. The summed E-state index contributed by atoms with van der Waals surface area (Å²) in [7, 11) is 0. The molecule has 4 heterocycles. The van der Waals surface area contributed by atoms with Gasteiger partial charge in [0.15, 0.2) is 16.1 Å². The molecule has 24 heavy (non-hydrogen) atoms. The van der Waals surface area contributed by atoms with E-state index in [-0.39, 0.29) is 0 Å². The van der Waals surface area contributed by atoms with E-state index in [0.29, 0.717) is 5.15 Å². The van der Waals surface area contributed by atoms with Crippen molar-refractivity contribution in [2.45, 2.75) is 32.9 Å². The molecule has 1 fully saturated rings.